The van der Waals surface area contributed by atoms with Gasteiger partial charge in [-0.3, -0.25) is 9.78 Å². The molecule has 2 rings (SSSR count). The number of anilines is 2. The Hall–Kier alpha value is -2.07. The molecule has 2 aromatic rings. The van der Waals surface area contributed by atoms with Crippen LogP contribution >= 0.6 is 11.6 Å². The van der Waals surface area contributed by atoms with Crippen molar-refractivity contribution in [2.45, 2.75) is 13.8 Å². The molecule has 0 spiro atoms. The van der Waals surface area contributed by atoms with E-state index in [9.17, 15) is 4.79 Å². The fraction of sp³-hybridized carbons (Fsp3) is 0.200. The number of aryl methyl sites for hydroxylation is 1. The van der Waals surface area contributed by atoms with Gasteiger partial charge in [0.25, 0.3) is 5.91 Å². The Bertz CT molecular complexity index is 608. The van der Waals surface area contributed by atoms with Crippen LogP contribution in [-0.4, -0.2) is 17.4 Å². The van der Waals surface area contributed by atoms with Gasteiger partial charge in [-0.25, -0.2) is 0 Å². The second-order valence-corrected chi connectivity index (χ2v) is 4.74. The molecule has 0 saturated carbocycles. The number of carbonyl (C=O) groups excluding carboxylic acids is 1. The maximum atomic E-state index is 12.4. The second kappa shape index (κ2) is 6.39. The summed E-state index contributed by atoms with van der Waals surface area (Å²) in [5, 5.41) is 6.50. The van der Waals surface area contributed by atoms with Crippen LogP contribution in [0.1, 0.15) is 22.8 Å². The zero-order valence-electron chi connectivity index (χ0n) is 11.4. The first-order valence-electron chi connectivity index (χ1n) is 6.37. The molecule has 0 saturated heterocycles. The van der Waals surface area contributed by atoms with Crippen molar-refractivity contribution in [3.05, 3.63) is 52.8 Å². The van der Waals surface area contributed by atoms with Crippen molar-refractivity contribution in [2.75, 3.05) is 17.2 Å². The molecular formula is C15H16ClN3O. The monoisotopic (exact) mass is 289 g/mol. The van der Waals surface area contributed by atoms with Gasteiger partial charge in [0, 0.05) is 12.7 Å². The van der Waals surface area contributed by atoms with Crippen LogP contribution in [0.4, 0.5) is 11.4 Å². The SMILES string of the molecule is CCNc1cnccc1C(=O)Nc1c(C)cccc1Cl. The van der Waals surface area contributed by atoms with Crippen molar-refractivity contribution in [3.63, 3.8) is 0 Å². The number of rotatable bonds is 4. The number of halogens is 1. The first kappa shape index (κ1) is 14.3. The van der Waals surface area contributed by atoms with Gasteiger partial charge in [-0.15, -0.1) is 0 Å². The predicted octanol–water partition coefficient (Wildman–Crippen LogP) is 3.73. The molecule has 0 fully saturated rings. The number of nitrogens with zero attached hydrogens (tertiary/aromatic N) is 1. The number of pyridine rings is 1. The van der Waals surface area contributed by atoms with Gasteiger partial charge in [0.1, 0.15) is 0 Å². The van der Waals surface area contributed by atoms with E-state index in [1.54, 1.807) is 24.5 Å². The molecule has 0 unspecified atom stereocenters. The van der Waals surface area contributed by atoms with Crippen LogP contribution in [0.2, 0.25) is 5.02 Å². The molecule has 5 heteroatoms. The van der Waals surface area contributed by atoms with Gasteiger partial charge in [-0.05, 0) is 31.5 Å². The summed E-state index contributed by atoms with van der Waals surface area (Å²) >= 11 is 6.12. The highest BCUT2D eigenvalue weighted by Gasteiger charge is 2.13. The topological polar surface area (TPSA) is 54.0 Å². The van der Waals surface area contributed by atoms with E-state index >= 15 is 0 Å². The summed E-state index contributed by atoms with van der Waals surface area (Å²) in [4.78, 5) is 16.4. The Morgan fingerprint density at radius 2 is 2.15 bits per heavy atom. The summed E-state index contributed by atoms with van der Waals surface area (Å²) in [7, 11) is 0. The van der Waals surface area contributed by atoms with Crippen LogP contribution in [-0.2, 0) is 0 Å². The summed E-state index contributed by atoms with van der Waals surface area (Å²) in [5.41, 5.74) is 2.81. The van der Waals surface area contributed by atoms with Crippen molar-refractivity contribution in [1.82, 2.24) is 4.98 Å². The Balaban J connectivity index is 2.29. The largest absolute Gasteiger partial charge is 0.383 e. The van der Waals surface area contributed by atoms with Crippen LogP contribution in [0, 0.1) is 6.92 Å². The molecule has 20 heavy (non-hydrogen) atoms. The van der Waals surface area contributed by atoms with Crippen LogP contribution in [0.3, 0.4) is 0 Å². The maximum absolute atomic E-state index is 12.4. The molecule has 0 bridgehead atoms. The zero-order chi connectivity index (χ0) is 14.5. The number of amides is 1. The van der Waals surface area contributed by atoms with Gasteiger partial charge < -0.3 is 10.6 Å². The van der Waals surface area contributed by atoms with E-state index in [4.69, 9.17) is 11.6 Å². The lowest BCUT2D eigenvalue weighted by Crippen LogP contribution is -2.16. The molecule has 4 nitrogen and oxygen atoms in total. The van der Waals surface area contributed by atoms with Gasteiger partial charge in [0.05, 0.1) is 28.2 Å². The quantitative estimate of drug-likeness (QED) is 0.902. The van der Waals surface area contributed by atoms with E-state index in [0.717, 1.165) is 12.1 Å². The van der Waals surface area contributed by atoms with Crippen LogP contribution in [0.25, 0.3) is 0 Å². The molecule has 104 valence electrons. The molecule has 0 aliphatic carbocycles. The van der Waals surface area contributed by atoms with Crippen LogP contribution in [0.5, 0.6) is 0 Å². The molecule has 1 aromatic heterocycles. The summed E-state index contributed by atoms with van der Waals surface area (Å²) in [6, 6.07) is 7.19. The summed E-state index contributed by atoms with van der Waals surface area (Å²) in [6.07, 6.45) is 3.23. The lowest BCUT2D eigenvalue weighted by molar-refractivity contribution is 0.102. The number of hydrogen-bond donors (Lipinski definition) is 2. The molecule has 0 atom stereocenters. The number of hydrogen-bond acceptors (Lipinski definition) is 3. The average molecular weight is 290 g/mol. The fourth-order valence-corrected chi connectivity index (χ4v) is 2.16. The van der Waals surface area contributed by atoms with Gasteiger partial charge in [-0.1, -0.05) is 23.7 Å². The van der Waals surface area contributed by atoms with Crippen molar-refractivity contribution in [3.8, 4) is 0 Å². The smallest absolute Gasteiger partial charge is 0.257 e. The van der Waals surface area contributed by atoms with Gasteiger partial charge in [0.15, 0.2) is 0 Å². The Morgan fingerprint density at radius 1 is 1.35 bits per heavy atom. The van der Waals surface area contributed by atoms with Crippen molar-refractivity contribution in [2.24, 2.45) is 0 Å². The second-order valence-electron chi connectivity index (χ2n) is 4.34. The number of benzene rings is 1. The number of nitrogens with one attached hydrogen (secondary N) is 2. The van der Waals surface area contributed by atoms with E-state index in [0.29, 0.717) is 22.0 Å². The average Bonchev–Trinajstić information content (AvgIpc) is 2.44. The molecule has 1 aromatic carbocycles. The maximum Gasteiger partial charge on any atom is 0.257 e. The highest BCUT2D eigenvalue weighted by atomic mass is 35.5. The highest BCUT2D eigenvalue weighted by molar-refractivity contribution is 6.34. The highest BCUT2D eigenvalue weighted by Crippen LogP contribution is 2.26. The number of para-hydroxylation sites is 1. The van der Waals surface area contributed by atoms with Gasteiger partial charge >= 0.3 is 0 Å². The van der Waals surface area contributed by atoms with E-state index in [1.165, 1.54) is 0 Å². The minimum atomic E-state index is -0.209. The van der Waals surface area contributed by atoms with E-state index in [2.05, 4.69) is 15.6 Å². The normalized spacial score (nSPS) is 10.2. The molecule has 0 radical (unpaired) electrons. The third kappa shape index (κ3) is 3.08. The summed E-state index contributed by atoms with van der Waals surface area (Å²) in [5.74, 6) is -0.209. The standard InChI is InChI=1S/C15H16ClN3O/c1-3-18-13-9-17-8-7-11(13)15(20)19-14-10(2)5-4-6-12(14)16/h4-9,18H,3H2,1-2H3,(H,19,20). The minimum Gasteiger partial charge on any atom is -0.383 e. The number of aromatic nitrogens is 1. The lowest BCUT2D eigenvalue weighted by Gasteiger charge is -2.13. The van der Waals surface area contributed by atoms with Gasteiger partial charge in [0.2, 0.25) is 0 Å². The Kier molecular flexibility index (Phi) is 4.58. The van der Waals surface area contributed by atoms with Crippen molar-refractivity contribution >= 4 is 28.9 Å². The van der Waals surface area contributed by atoms with E-state index in [-0.39, 0.29) is 5.91 Å². The summed E-state index contributed by atoms with van der Waals surface area (Å²) < 4.78 is 0. The lowest BCUT2D eigenvalue weighted by atomic mass is 10.1. The Labute approximate surface area is 123 Å². The number of carbonyl (C=O) groups is 1. The summed E-state index contributed by atoms with van der Waals surface area (Å²) in [6.45, 7) is 4.59. The molecule has 0 aliphatic rings. The minimum absolute atomic E-state index is 0.209. The van der Waals surface area contributed by atoms with E-state index < -0.39 is 0 Å². The van der Waals surface area contributed by atoms with Crippen LogP contribution in [0.15, 0.2) is 36.7 Å². The van der Waals surface area contributed by atoms with Crippen molar-refractivity contribution < 1.29 is 4.79 Å². The van der Waals surface area contributed by atoms with Crippen molar-refractivity contribution in [1.29, 1.82) is 0 Å². The van der Waals surface area contributed by atoms with E-state index in [1.807, 2.05) is 26.0 Å². The molecule has 1 heterocycles. The third-order valence-corrected chi connectivity index (χ3v) is 3.21. The predicted molar refractivity (Wildman–Crippen MR) is 82.5 cm³/mol. The first-order chi connectivity index (χ1) is 9.63. The third-order valence-electron chi connectivity index (χ3n) is 2.89. The van der Waals surface area contributed by atoms with Gasteiger partial charge in [-0.2, -0.15) is 0 Å². The molecular weight excluding hydrogens is 274 g/mol. The zero-order valence-corrected chi connectivity index (χ0v) is 12.2. The molecule has 2 N–H and O–H groups in total. The van der Waals surface area contributed by atoms with Crippen LogP contribution < -0.4 is 10.6 Å². The fourth-order valence-electron chi connectivity index (χ4n) is 1.89. The first-order valence-corrected chi connectivity index (χ1v) is 6.75. The molecule has 1 amide bonds. The molecule has 0 aliphatic heterocycles. The Morgan fingerprint density at radius 3 is 2.85 bits per heavy atom.